The number of benzene rings is 1. The van der Waals surface area contributed by atoms with Crippen molar-refractivity contribution in [2.45, 2.75) is 23.8 Å². The van der Waals surface area contributed by atoms with Crippen molar-refractivity contribution in [1.82, 2.24) is 4.98 Å². The van der Waals surface area contributed by atoms with E-state index in [-0.39, 0.29) is 0 Å². The summed E-state index contributed by atoms with van der Waals surface area (Å²) in [7, 11) is 0. The van der Waals surface area contributed by atoms with Crippen LogP contribution in [0.1, 0.15) is 11.3 Å². The highest BCUT2D eigenvalue weighted by Crippen LogP contribution is 2.30. The molecule has 0 atom stereocenters. The SMILES string of the molecule is Cc1cc(C)nc(Sc2ccc(N)c(N)c2)c1. The van der Waals surface area contributed by atoms with E-state index in [0.29, 0.717) is 11.4 Å². The highest BCUT2D eigenvalue weighted by molar-refractivity contribution is 7.99. The van der Waals surface area contributed by atoms with Crippen molar-refractivity contribution in [2.24, 2.45) is 0 Å². The Bertz CT molecular complexity index is 532. The van der Waals surface area contributed by atoms with Crippen LogP contribution in [0.25, 0.3) is 0 Å². The maximum atomic E-state index is 5.78. The molecule has 0 aliphatic rings. The number of nitrogens with two attached hydrogens (primary N) is 2. The van der Waals surface area contributed by atoms with Crippen molar-refractivity contribution < 1.29 is 0 Å². The number of nitrogen functional groups attached to an aromatic ring is 2. The molecule has 2 rings (SSSR count). The van der Waals surface area contributed by atoms with Crippen LogP contribution in [-0.2, 0) is 0 Å². The lowest BCUT2D eigenvalue weighted by molar-refractivity contribution is 1.05. The van der Waals surface area contributed by atoms with Gasteiger partial charge in [0.2, 0.25) is 0 Å². The molecular formula is C13H15N3S. The number of aromatic nitrogens is 1. The van der Waals surface area contributed by atoms with Crippen molar-refractivity contribution in [2.75, 3.05) is 11.5 Å². The van der Waals surface area contributed by atoms with Gasteiger partial charge in [-0.15, -0.1) is 0 Å². The smallest absolute Gasteiger partial charge is 0.101 e. The standard InChI is InChI=1S/C13H15N3S/c1-8-5-9(2)16-13(6-8)17-10-3-4-11(14)12(15)7-10/h3-7H,14-15H2,1-2H3. The fourth-order valence-electron chi connectivity index (χ4n) is 1.59. The number of anilines is 2. The predicted molar refractivity (Wildman–Crippen MR) is 73.1 cm³/mol. The van der Waals surface area contributed by atoms with Gasteiger partial charge in [0, 0.05) is 10.6 Å². The van der Waals surface area contributed by atoms with Gasteiger partial charge in [-0.1, -0.05) is 11.8 Å². The minimum absolute atomic E-state index is 0.611. The quantitative estimate of drug-likeness (QED) is 0.798. The number of hydrogen-bond acceptors (Lipinski definition) is 4. The van der Waals surface area contributed by atoms with Crippen LogP contribution in [0.5, 0.6) is 0 Å². The van der Waals surface area contributed by atoms with Gasteiger partial charge in [0.1, 0.15) is 5.03 Å². The average Bonchev–Trinajstić information content (AvgIpc) is 2.22. The summed E-state index contributed by atoms with van der Waals surface area (Å²) in [6, 6.07) is 9.76. The molecule has 1 aromatic heterocycles. The van der Waals surface area contributed by atoms with Crippen LogP contribution < -0.4 is 11.5 Å². The second-order valence-corrected chi connectivity index (χ2v) is 5.11. The van der Waals surface area contributed by atoms with Gasteiger partial charge in [0.15, 0.2) is 0 Å². The molecule has 1 heterocycles. The van der Waals surface area contributed by atoms with Gasteiger partial charge < -0.3 is 11.5 Å². The molecule has 88 valence electrons. The van der Waals surface area contributed by atoms with Crippen molar-refractivity contribution >= 4 is 23.1 Å². The first-order valence-corrected chi connectivity index (χ1v) is 6.14. The van der Waals surface area contributed by atoms with Gasteiger partial charge >= 0.3 is 0 Å². The third kappa shape index (κ3) is 2.91. The molecule has 0 aliphatic carbocycles. The molecule has 4 heteroatoms. The van der Waals surface area contributed by atoms with Crippen LogP contribution in [0.2, 0.25) is 0 Å². The van der Waals surface area contributed by atoms with Gasteiger partial charge in [-0.2, -0.15) is 0 Å². The zero-order valence-electron chi connectivity index (χ0n) is 9.90. The number of rotatable bonds is 2. The summed E-state index contributed by atoms with van der Waals surface area (Å²) in [5.74, 6) is 0. The first kappa shape index (κ1) is 11.8. The largest absolute Gasteiger partial charge is 0.397 e. The Morgan fingerprint density at radius 1 is 1.00 bits per heavy atom. The number of aryl methyl sites for hydroxylation is 2. The van der Waals surface area contributed by atoms with Crippen LogP contribution in [0.4, 0.5) is 11.4 Å². The Labute approximate surface area is 105 Å². The fourth-order valence-corrected chi connectivity index (χ4v) is 2.59. The molecule has 3 nitrogen and oxygen atoms in total. The molecule has 1 aromatic carbocycles. The lowest BCUT2D eigenvalue weighted by Crippen LogP contribution is -1.94. The number of nitrogens with zero attached hydrogens (tertiary/aromatic N) is 1. The third-order valence-electron chi connectivity index (χ3n) is 2.35. The maximum absolute atomic E-state index is 5.78. The molecule has 17 heavy (non-hydrogen) atoms. The first-order chi connectivity index (χ1) is 8.04. The van der Waals surface area contributed by atoms with Crippen LogP contribution in [0.3, 0.4) is 0 Å². The van der Waals surface area contributed by atoms with Crippen molar-refractivity contribution in [3.8, 4) is 0 Å². The lowest BCUT2D eigenvalue weighted by atomic mass is 10.3. The highest BCUT2D eigenvalue weighted by atomic mass is 32.2. The molecule has 0 bridgehead atoms. The van der Waals surface area contributed by atoms with E-state index in [9.17, 15) is 0 Å². The minimum atomic E-state index is 0.611. The van der Waals surface area contributed by atoms with Crippen LogP contribution in [-0.4, -0.2) is 4.98 Å². The highest BCUT2D eigenvalue weighted by Gasteiger charge is 2.02. The van der Waals surface area contributed by atoms with E-state index >= 15 is 0 Å². The molecule has 0 fully saturated rings. The van der Waals surface area contributed by atoms with Gasteiger partial charge in [0.05, 0.1) is 11.4 Å². The minimum Gasteiger partial charge on any atom is -0.397 e. The molecule has 0 saturated heterocycles. The Balaban J connectivity index is 2.28. The van der Waals surface area contributed by atoms with Gasteiger partial charge in [-0.05, 0) is 49.7 Å². The number of pyridine rings is 1. The van der Waals surface area contributed by atoms with Crippen LogP contribution in [0, 0.1) is 13.8 Å². The summed E-state index contributed by atoms with van der Waals surface area (Å²) in [6.07, 6.45) is 0. The zero-order valence-corrected chi connectivity index (χ0v) is 10.7. The molecule has 0 radical (unpaired) electrons. The fraction of sp³-hybridized carbons (Fsp3) is 0.154. The normalized spacial score (nSPS) is 10.5. The summed E-state index contributed by atoms with van der Waals surface area (Å²) in [6.45, 7) is 4.06. The monoisotopic (exact) mass is 245 g/mol. The summed E-state index contributed by atoms with van der Waals surface area (Å²) in [5, 5.41) is 0.978. The summed E-state index contributed by atoms with van der Waals surface area (Å²) >= 11 is 1.59. The summed E-state index contributed by atoms with van der Waals surface area (Å²) < 4.78 is 0. The molecule has 2 aromatic rings. The topological polar surface area (TPSA) is 64.9 Å². The molecule has 4 N–H and O–H groups in total. The third-order valence-corrected chi connectivity index (χ3v) is 3.26. The van der Waals surface area contributed by atoms with E-state index in [2.05, 4.69) is 24.0 Å². The molecule has 0 aliphatic heterocycles. The lowest BCUT2D eigenvalue weighted by Gasteiger charge is -2.06. The van der Waals surface area contributed by atoms with E-state index in [0.717, 1.165) is 15.6 Å². The van der Waals surface area contributed by atoms with Crippen LogP contribution in [0.15, 0.2) is 40.3 Å². The maximum Gasteiger partial charge on any atom is 0.101 e. The Hall–Kier alpha value is -1.68. The van der Waals surface area contributed by atoms with E-state index in [1.165, 1.54) is 5.56 Å². The first-order valence-electron chi connectivity index (χ1n) is 5.33. The van der Waals surface area contributed by atoms with Gasteiger partial charge in [-0.25, -0.2) is 4.98 Å². The van der Waals surface area contributed by atoms with Crippen molar-refractivity contribution in [3.63, 3.8) is 0 Å². The Morgan fingerprint density at radius 3 is 2.41 bits per heavy atom. The van der Waals surface area contributed by atoms with Crippen LogP contribution >= 0.6 is 11.8 Å². The molecule has 0 spiro atoms. The molecule has 0 unspecified atom stereocenters. The van der Waals surface area contributed by atoms with E-state index < -0.39 is 0 Å². The van der Waals surface area contributed by atoms with Crippen molar-refractivity contribution in [3.05, 3.63) is 41.6 Å². The van der Waals surface area contributed by atoms with Gasteiger partial charge in [0.25, 0.3) is 0 Å². The van der Waals surface area contributed by atoms with E-state index in [1.54, 1.807) is 11.8 Å². The zero-order chi connectivity index (χ0) is 12.4. The molecule has 0 saturated carbocycles. The summed E-state index contributed by atoms with van der Waals surface area (Å²) in [4.78, 5) is 5.52. The van der Waals surface area contributed by atoms with E-state index in [1.807, 2.05) is 25.1 Å². The average molecular weight is 245 g/mol. The Morgan fingerprint density at radius 2 is 1.76 bits per heavy atom. The number of hydrogen-bond donors (Lipinski definition) is 2. The molecule has 0 amide bonds. The second kappa shape index (κ2) is 4.67. The molecular weight excluding hydrogens is 230 g/mol. The predicted octanol–water partition coefficient (Wildman–Crippen LogP) is 3.01. The Kier molecular flexibility index (Phi) is 3.24. The second-order valence-electron chi connectivity index (χ2n) is 4.02. The van der Waals surface area contributed by atoms with Gasteiger partial charge in [-0.3, -0.25) is 0 Å². The summed E-state index contributed by atoms with van der Waals surface area (Å²) in [5.41, 5.74) is 14.9. The van der Waals surface area contributed by atoms with Crippen molar-refractivity contribution in [1.29, 1.82) is 0 Å². The van der Waals surface area contributed by atoms with E-state index in [4.69, 9.17) is 11.5 Å².